The molecule has 0 aliphatic heterocycles. The van der Waals surface area contributed by atoms with Crippen molar-refractivity contribution in [3.63, 3.8) is 0 Å². The number of methoxy groups -OCH3 is 1. The summed E-state index contributed by atoms with van der Waals surface area (Å²) in [7, 11) is 1.56. The Morgan fingerprint density at radius 1 is 1.17 bits per heavy atom. The van der Waals surface area contributed by atoms with Crippen molar-refractivity contribution in [1.29, 1.82) is 0 Å². The van der Waals surface area contributed by atoms with Crippen LogP contribution in [0, 0.1) is 6.92 Å². The van der Waals surface area contributed by atoms with Gasteiger partial charge in [0.1, 0.15) is 17.1 Å². The van der Waals surface area contributed by atoms with Crippen LogP contribution in [0.3, 0.4) is 0 Å². The van der Waals surface area contributed by atoms with Gasteiger partial charge in [0.15, 0.2) is 0 Å². The van der Waals surface area contributed by atoms with Crippen molar-refractivity contribution in [3.05, 3.63) is 76.2 Å². The third kappa shape index (κ3) is 3.77. The highest BCUT2D eigenvalue weighted by atomic mass is 32.1. The summed E-state index contributed by atoms with van der Waals surface area (Å²) in [6, 6.07) is 16.8. The minimum atomic E-state index is -0.310. The molecule has 0 saturated carbocycles. The van der Waals surface area contributed by atoms with E-state index in [4.69, 9.17) is 4.74 Å². The van der Waals surface area contributed by atoms with E-state index in [1.807, 2.05) is 37.3 Å². The number of anilines is 1. The van der Waals surface area contributed by atoms with Crippen LogP contribution in [0.4, 0.5) is 5.69 Å². The number of nitrogens with one attached hydrogen (secondary N) is 1. The second-order valence-electron chi connectivity index (χ2n) is 6.54. The van der Waals surface area contributed by atoms with Crippen molar-refractivity contribution in [1.82, 2.24) is 9.55 Å². The van der Waals surface area contributed by atoms with Gasteiger partial charge in [-0.1, -0.05) is 36.4 Å². The summed E-state index contributed by atoms with van der Waals surface area (Å²) >= 11 is 1.48. The number of aryl methyl sites for hydroxylation is 1. The fourth-order valence-corrected chi connectivity index (χ4v) is 4.26. The van der Waals surface area contributed by atoms with Crippen molar-refractivity contribution in [2.45, 2.75) is 13.5 Å². The first-order valence-electron chi connectivity index (χ1n) is 9.04. The Kier molecular flexibility index (Phi) is 5.14. The summed E-state index contributed by atoms with van der Waals surface area (Å²) in [4.78, 5) is 31.8. The van der Waals surface area contributed by atoms with Crippen LogP contribution in [0.25, 0.3) is 21.3 Å². The van der Waals surface area contributed by atoms with Crippen LogP contribution in [0.1, 0.15) is 4.88 Å². The number of benzene rings is 2. The van der Waals surface area contributed by atoms with Gasteiger partial charge in [0.25, 0.3) is 5.56 Å². The van der Waals surface area contributed by atoms with Crippen molar-refractivity contribution < 1.29 is 9.53 Å². The van der Waals surface area contributed by atoms with Gasteiger partial charge in [-0.2, -0.15) is 0 Å². The molecular weight excluding hydrogens is 386 g/mol. The molecule has 2 aromatic carbocycles. The fourth-order valence-electron chi connectivity index (χ4n) is 3.26. The minimum absolute atomic E-state index is 0.123. The molecule has 6 nitrogen and oxygen atoms in total. The average molecular weight is 405 g/mol. The van der Waals surface area contributed by atoms with Crippen LogP contribution >= 0.6 is 11.3 Å². The normalized spacial score (nSPS) is 10.8. The Morgan fingerprint density at radius 2 is 1.97 bits per heavy atom. The predicted octanol–water partition coefficient (Wildman–Crippen LogP) is 4.08. The molecular formula is C22H19N3O3S. The van der Waals surface area contributed by atoms with Gasteiger partial charge in [0, 0.05) is 22.2 Å². The van der Waals surface area contributed by atoms with E-state index in [9.17, 15) is 9.59 Å². The van der Waals surface area contributed by atoms with Crippen LogP contribution in [-0.2, 0) is 11.3 Å². The number of amides is 1. The third-order valence-corrected chi connectivity index (χ3v) is 5.60. The molecule has 29 heavy (non-hydrogen) atoms. The monoisotopic (exact) mass is 405 g/mol. The lowest BCUT2D eigenvalue weighted by molar-refractivity contribution is -0.116. The van der Waals surface area contributed by atoms with E-state index in [1.54, 1.807) is 31.4 Å². The highest BCUT2D eigenvalue weighted by Crippen LogP contribution is 2.35. The second-order valence-corrected chi connectivity index (χ2v) is 7.74. The molecule has 0 aliphatic carbocycles. The standard InChI is InChI=1S/C22H19N3O3S/c1-14-19(15-7-4-3-5-8-15)20-21(29-14)23-13-25(22(20)27)12-18(26)24-16-9-6-10-17(11-16)28-2/h3-11,13H,12H2,1-2H3,(H,24,26). The van der Waals surface area contributed by atoms with Crippen LogP contribution in [0.5, 0.6) is 5.75 Å². The molecule has 1 amide bonds. The number of fused-ring (bicyclic) bond motifs is 1. The van der Waals surface area contributed by atoms with Crippen LogP contribution in [-0.4, -0.2) is 22.6 Å². The van der Waals surface area contributed by atoms with Crippen molar-refractivity contribution >= 4 is 33.1 Å². The lowest BCUT2D eigenvalue weighted by Gasteiger charge is -2.09. The summed E-state index contributed by atoms with van der Waals surface area (Å²) in [5.74, 6) is 0.332. The van der Waals surface area contributed by atoms with Crippen LogP contribution < -0.4 is 15.6 Å². The number of nitrogens with zero attached hydrogens (tertiary/aromatic N) is 2. The summed E-state index contributed by atoms with van der Waals surface area (Å²) in [6.45, 7) is 1.86. The lowest BCUT2D eigenvalue weighted by atomic mass is 10.0. The highest BCUT2D eigenvalue weighted by molar-refractivity contribution is 7.19. The molecule has 2 aromatic heterocycles. The van der Waals surface area contributed by atoms with Crippen molar-refractivity contribution in [3.8, 4) is 16.9 Å². The van der Waals surface area contributed by atoms with Gasteiger partial charge < -0.3 is 10.1 Å². The number of carbonyl (C=O) groups is 1. The molecule has 0 fully saturated rings. The maximum atomic E-state index is 13.2. The molecule has 1 N–H and O–H groups in total. The van der Waals surface area contributed by atoms with Gasteiger partial charge in [0.2, 0.25) is 5.91 Å². The Labute approximate surface area is 171 Å². The molecule has 7 heteroatoms. The molecule has 2 heterocycles. The minimum Gasteiger partial charge on any atom is -0.497 e. The maximum absolute atomic E-state index is 13.2. The van der Waals surface area contributed by atoms with Gasteiger partial charge in [-0.05, 0) is 24.6 Å². The molecule has 0 saturated heterocycles. The number of hydrogen-bond donors (Lipinski definition) is 1. The van der Waals surface area contributed by atoms with E-state index in [0.29, 0.717) is 21.7 Å². The maximum Gasteiger partial charge on any atom is 0.263 e. The van der Waals surface area contributed by atoms with Gasteiger partial charge in [-0.15, -0.1) is 11.3 Å². The zero-order valence-corrected chi connectivity index (χ0v) is 16.8. The Bertz CT molecular complexity index is 1250. The number of thiophene rings is 1. The van der Waals surface area contributed by atoms with Crippen LogP contribution in [0.15, 0.2) is 65.7 Å². The first-order valence-corrected chi connectivity index (χ1v) is 9.86. The van der Waals surface area contributed by atoms with E-state index >= 15 is 0 Å². The van der Waals surface area contributed by atoms with E-state index in [2.05, 4.69) is 10.3 Å². The molecule has 4 aromatic rings. The van der Waals surface area contributed by atoms with Gasteiger partial charge >= 0.3 is 0 Å². The van der Waals surface area contributed by atoms with Gasteiger partial charge in [-0.25, -0.2) is 4.98 Å². The molecule has 0 unspecified atom stereocenters. The van der Waals surface area contributed by atoms with Crippen LogP contribution in [0.2, 0.25) is 0 Å². The first-order chi connectivity index (χ1) is 14.1. The smallest absolute Gasteiger partial charge is 0.263 e. The predicted molar refractivity (Wildman–Crippen MR) is 116 cm³/mol. The van der Waals surface area contributed by atoms with Gasteiger partial charge in [0.05, 0.1) is 18.8 Å². The number of rotatable bonds is 5. The molecule has 0 radical (unpaired) electrons. The third-order valence-electron chi connectivity index (χ3n) is 4.58. The molecule has 0 bridgehead atoms. The lowest BCUT2D eigenvalue weighted by Crippen LogP contribution is -2.27. The summed E-state index contributed by atoms with van der Waals surface area (Å²) in [6.07, 6.45) is 1.43. The van der Waals surface area contributed by atoms with E-state index < -0.39 is 0 Å². The molecule has 0 spiro atoms. The topological polar surface area (TPSA) is 73.2 Å². The number of carbonyl (C=O) groups excluding carboxylic acids is 1. The zero-order valence-electron chi connectivity index (χ0n) is 16.0. The molecule has 0 atom stereocenters. The van der Waals surface area contributed by atoms with Crippen molar-refractivity contribution in [2.24, 2.45) is 0 Å². The first kappa shape index (κ1) is 18.9. The largest absolute Gasteiger partial charge is 0.497 e. The Balaban J connectivity index is 1.67. The summed E-state index contributed by atoms with van der Waals surface area (Å²) in [5.41, 5.74) is 2.23. The average Bonchev–Trinajstić information content (AvgIpc) is 3.07. The van der Waals surface area contributed by atoms with Crippen molar-refractivity contribution in [2.75, 3.05) is 12.4 Å². The van der Waals surface area contributed by atoms with E-state index in [0.717, 1.165) is 16.0 Å². The van der Waals surface area contributed by atoms with Gasteiger partial charge in [-0.3, -0.25) is 14.2 Å². The number of aromatic nitrogens is 2. The Morgan fingerprint density at radius 3 is 2.72 bits per heavy atom. The summed E-state index contributed by atoms with van der Waals surface area (Å²) < 4.78 is 6.51. The summed E-state index contributed by atoms with van der Waals surface area (Å²) in [5, 5.41) is 3.34. The molecule has 146 valence electrons. The quantitative estimate of drug-likeness (QED) is 0.543. The number of ether oxygens (including phenoxy) is 1. The highest BCUT2D eigenvalue weighted by Gasteiger charge is 2.17. The fraction of sp³-hybridized carbons (Fsp3) is 0.136. The number of hydrogen-bond acceptors (Lipinski definition) is 5. The van der Waals surface area contributed by atoms with E-state index in [1.165, 1.54) is 22.2 Å². The SMILES string of the molecule is COc1cccc(NC(=O)Cn2cnc3sc(C)c(-c4ccccc4)c3c2=O)c1. The second kappa shape index (κ2) is 7.89. The molecule has 4 rings (SSSR count). The Hall–Kier alpha value is -3.45. The zero-order chi connectivity index (χ0) is 20.4. The molecule has 0 aliphatic rings. The van der Waals surface area contributed by atoms with E-state index in [-0.39, 0.29) is 18.0 Å².